The Hall–Kier alpha value is -1.59. The molecule has 1 atom stereocenters. The van der Waals surface area contributed by atoms with Crippen LogP contribution in [0.5, 0.6) is 0 Å². The molecule has 1 aromatic rings. The van der Waals surface area contributed by atoms with Gasteiger partial charge in [0.15, 0.2) is 0 Å². The van der Waals surface area contributed by atoms with Crippen LogP contribution in [0.15, 0.2) is 30.3 Å². The lowest BCUT2D eigenvalue weighted by Crippen LogP contribution is -2.37. The van der Waals surface area contributed by atoms with Crippen LogP contribution in [-0.2, 0) is 4.74 Å². The van der Waals surface area contributed by atoms with Crippen molar-refractivity contribution in [1.29, 1.82) is 0 Å². The molecule has 0 aliphatic heterocycles. The van der Waals surface area contributed by atoms with Gasteiger partial charge in [-0.05, 0) is 18.9 Å². The van der Waals surface area contributed by atoms with Gasteiger partial charge in [-0.25, -0.2) is 4.79 Å². The highest BCUT2D eigenvalue weighted by Gasteiger charge is 2.07. The molecular formula is C14H22N2O3. The Bertz CT molecular complexity index is 357. The average Bonchev–Trinajstić information content (AvgIpc) is 2.43. The van der Waals surface area contributed by atoms with E-state index in [1.54, 1.807) is 0 Å². The van der Waals surface area contributed by atoms with E-state index in [0.29, 0.717) is 19.8 Å². The molecule has 0 bridgehead atoms. The van der Waals surface area contributed by atoms with Crippen molar-refractivity contribution in [2.75, 3.05) is 26.4 Å². The van der Waals surface area contributed by atoms with Gasteiger partial charge in [0.25, 0.3) is 0 Å². The Morgan fingerprint density at radius 1 is 1.32 bits per heavy atom. The summed E-state index contributed by atoms with van der Waals surface area (Å²) < 4.78 is 5.09. The van der Waals surface area contributed by atoms with Crippen molar-refractivity contribution in [2.24, 2.45) is 0 Å². The van der Waals surface area contributed by atoms with E-state index in [-0.39, 0.29) is 18.7 Å². The van der Waals surface area contributed by atoms with Gasteiger partial charge in [0.1, 0.15) is 0 Å². The first-order valence-corrected chi connectivity index (χ1v) is 6.52. The zero-order valence-electron chi connectivity index (χ0n) is 11.3. The highest BCUT2D eigenvalue weighted by atomic mass is 16.5. The molecule has 5 nitrogen and oxygen atoms in total. The van der Waals surface area contributed by atoms with Gasteiger partial charge in [-0.15, -0.1) is 0 Å². The molecule has 0 heterocycles. The van der Waals surface area contributed by atoms with Crippen molar-refractivity contribution >= 4 is 6.03 Å². The number of aliphatic hydroxyl groups excluding tert-OH is 1. The molecule has 0 saturated heterocycles. The van der Waals surface area contributed by atoms with E-state index in [1.807, 2.05) is 37.3 Å². The van der Waals surface area contributed by atoms with E-state index < -0.39 is 0 Å². The molecular weight excluding hydrogens is 244 g/mol. The van der Waals surface area contributed by atoms with Crippen molar-refractivity contribution in [1.82, 2.24) is 10.6 Å². The van der Waals surface area contributed by atoms with E-state index >= 15 is 0 Å². The fourth-order valence-corrected chi connectivity index (χ4v) is 1.62. The summed E-state index contributed by atoms with van der Waals surface area (Å²) in [5.41, 5.74) is 1.07. The van der Waals surface area contributed by atoms with Gasteiger partial charge in [-0.3, -0.25) is 0 Å². The molecule has 19 heavy (non-hydrogen) atoms. The molecule has 3 N–H and O–H groups in total. The normalized spacial score (nSPS) is 11.9. The highest BCUT2D eigenvalue weighted by molar-refractivity contribution is 5.74. The smallest absolute Gasteiger partial charge is 0.315 e. The predicted molar refractivity (Wildman–Crippen MR) is 73.9 cm³/mol. The first-order valence-electron chi connectivity index (χ1n) is 6.52. The summed E-state index contributed by atoms with van der Waals surface area (Å²) in [5, 5.41) is 14.1. The van der Waals surface area contributed by atoms with Gasteiger partial charge in [-0.2, -0.15) is 0 Å². The highest BCUT2D eigenvalue weighted by Crippen LogP contribution is 2.10. The fraction of sp³-hybridized carbons (Fsp3) is 0.500. The summed E-state index contributed by atoms with van der Waals surface area (Å²) in [5.74, 6) is 0. The second-order valence-electron chi connectivity index (χ2n) is 4.22. The van der Waals surface area contributed by atoms with E-state index in [2.05, 4.69) is 10.6 Å². The maximum atomic E-state index is 11.6. The number of ether oxygens (including phenoxy) is 1. The monoisotopic (exact) mass is 266 g/mol. The summed E-state index contributed by atoms with van der Waals surface area (Å²) in [6.45, 7) is 3.41. The van der Waals surface area contributed by atoms with Crippen molar-refractivity contribution < 1.29 is 14.6 Å². The van der Waals surface area contributed by atoms with Gasteiger partial charge in [0.05, 0.1) is 19.3 Å². The maximum Gasteiger partial charge on any atom is 0.315 e. The van der Waals surface area contributed by atoms with Crippen molar-refractivity contribution in [3.8, 4) is 0 Å². The predicted octanol–water partition coefficient (Wildman–Crippen LogP) is 1.45. The number of urea groups is 1. The molecule has 106 valence electrons. The van der Waals surface area contributed by atoms with Crippen LogP contribution in [0.2, 0.25) is 0 Å². The lowest BCUT2D eigenvalue weighted by molar-refractivity contribution is 0.0909. The topological polar surface area (TPSA) is 70.6 Å². The summed E-state index contributed by atoms with van der Waals surface area (Å²) in [4.78, 5) is 11.6. The Morgan fingerprint density at radius 2 is 2.05 bits per heavy atom. The van der Waals surface area contributed by atoms with Crippen LogP contribution in [0.3, 0.4) is 0 Å². The summed E-state index contributed by atoms with van der Waals surface area (Å²) in [7, 11) is 0. The minimum atomic E-state index is -0.182. The SMILES string of the molecule is CC(NC(=O)NCCCOCCO)c1ccccc1. The van der Waals surface area contributed by atoms with Gasteiger partial charge >= 0.3 is 6.03 Å². The van der Waals surface area contributed by atoms with Crippen molar-refractivity contribution in [3.05, 3.63) is 35.9 Å². The number of carbonyl (C=O) groups is 1. The molecule has 1 unspecified atom stereocenters. The van der Waals surface area contributed by atoms with Crippen LogP contribution in [0, 0.1) is 0 Å². The van der Waals surface area contributed by atoms with Crippen LogP contribution in [-0.4, -0.2) is 37.5 Å². The standard InChI is InChI=1S/C14H22N2O3/c1-12(13-6-3-2-4-7-13)16-14(18)15-8-5-10-19-11-9-17/h2-4,6-7,12,17H,5,8-11H2,1H3,(H2,15,16,18). The third kappa shape index (κ3) is 6.79. The lowest BCUT2D eigenvalue weighted by Gasteiger charge is -2.15. The van der Waals surface area contributed by atoms with Gasteiger partial charge in [0, 0.05) is 13.2 Å². The fourth-order valence-electron chi connectivity index (χ4n) is 1.62. The minimum absolute atomic E-state index is 0.0214. The molecule has 0 saturated carbocycles. The van der Waals surface area contributed by atoms with Crippen molar-refractivity contribution in [3.63, 3.8) is 0 Å². The van der Waals surface area contributed by atoms with Crippen molar-refractivity contribution in [2.45, 2.75) is 19.4 Å². The maximum absolute atomic E-state index is 11.6. The van der Waals surface area contributed by atoms with Gasteiger partial charge < -0.3 is 20.5 Å². The van der Waals surface area contributed by atoms with E-state index in [1.165, 1.54) is 0 Å². The van der Waals surface area contributed by atoms with Crippen LogP contribution in [0.4, 0.5) is 4.79 Å². The van der Waals surface area contributed by atoms with E-state index in [4.69, 9.17) is 9.84 Å². The van der Waals surface area contributed by atoms with Gasteiger partial charge in [-0.1, -0.05) is 30.3 Å². The number of aliphatic hydroxyl groups is 1. The van der Waals surface area contributed by atoms with E-state index in [9.17, 15) is 4.79 Å². The number of hydrogen-bond donors (Lipinski definition) is 3. The molecule has 1 aromatic carbocycles. The second-order valence-corrected chi connectivity index (χ2v) is 4.22. The van der Waals surface area contributed by atoms with E-state index in [0.717, 1.165) is 12.0 Å². The quantitative estimate of drug-likeness (QED) is 0.624. The molecule has 0 fully saturated rings. The average molecular weight is 266 g/mol. The van der Waals surface area contributed by atoms with Crippen LogP contribution >= 0.6 is 0 Å². The third-order valence-corrected chi connectivity index (χ3v) is 2.63. The Morgan fingerprint density at radius 3 is 2.74 bits per heavy atom. The first kappa shape index (κ1) is 15.5. The second kappa shape index (κ2) is 9.35. The lowest BCUT2D eigenvalue weighted by atomic mass is 10.1. The number of nitrogens with one attached hydrogen (secondary N) is 2. The molecule has 0 aromatic heterocycles. The van der Waals surface area contributed by atoms with Gasteiger partial charge in [0.2, 0.25) is 0 Å². The Labute approximate surface area is 114 Å². The molecule has 0 aliphatic carbocycles. The number of rotatable bonds is 8. The summed E-state index contributed by atoms with van der Waals surface area (Å²) in [6.07, 6.45) is 0.729. The molecule has 0 radical (unpaired) electrons. The molecule has 0 aliphatic rings. The zero-order valence-corrected chi connectivity index (χ0v) is 11.3. The first-order chi connectivity index (χ1) is 9.24. The number of hydrogen-bond acceptors (Lipinski definition) is 3. The molecule has 1 rings (SSSR count). The molecule has 2 amide bonds. The molecule has 0 spiro atoms. The number of benzene rings is 1. The molecule has 5 heteroatoms. The number of amides is 2. The summed E-state index contributed by atoms with van der Waals surface area (Å²) >= 11 is 0. The third-order valence-electron chi connectivity index (χ3n) is 2.63. The summed E-state index contributed by atoms with van der Waals surface area (Å²) in [6, 6.07) is 9.60. The largest absolute Gasteiger partial charge is 0.394 e. The van der Waals surface area contributed by atoms with Crippen LogP contribution in [0.25, 0.3) is 0 Å². The van der Waals surface area contributed by atoms with Crippen LogP contribution in [0.1, 0.15) is 24.9 Å². The zero-order chi connectivity index (χ0) is 13.9. The minimum Gasteiger partial charge on any atom is -0.394 e. The van der Waals surface area contributed by atoms with Crippen LogP contribution < -0.4 is 10.6 Å². The Kier molecular flexibility index (Phi) is 7.62. The number of carbonyl (C=O) groups excluding carboxylic acids is 1. The Balaban J connectivity index is 2.14.